The summed E-state index contributed by atoms with van der Waals surface area (Å²) in [6.07, 6.45) is 1.63. The maximum Gasteiger partial charge on any atom is 0.309 e. The van der Waals surface area contributed by atoms with Crippen LogP contribution in [-0.4, -0.2) is 74.8 Å². The standard InChI is InChI=1S/C22H34N4O3/c1-3-29-21(27)18-8-10-26(11-9-18)22(23-2)24-16-19-6-4-5-7-20(19)17-25-12-14-28-15-13-25/h4-7,18H,3,8-17H2,1-2H3,(H,23,24). The molecule has 29 heavy (non-hydrogen) atoms. The van der Waals surface area contributed by atoms with Crippen molar-refractivity contribution in [3.63, 3.8) is 0 Å². The minimum absolute atomic E-state index is 0.0126. The number of carbonyl (C=O) groups is 1. The Morgan fingerprint density at radius 1 is 1.17 bits per heavy atom. The van der Waals surface area contributed by atoms with E-state index in [-0.39, 0.29) is 11.9 Å². The van der Waals surface area contributed by atoms with Gasteiger partial charge in [-0.15, -0.1) is 0 Å². The van der Waals surface area contributed by atoms with Gasteiger partial charge in [0.25, 0.3) is 0 Å². The normalized spacial score (nSPS) is 19.2. The molecule has 0 amide bonds. The highest BCUT2D eigenvalue weighted by Gasteiger charge is 2.27. The second-order valence-corrected chi connectivity index (χ2v) is 7.57. The van der Waals surface area contributed by atoms with Crippen LogP contribution in [0.3, 0.4) is 0 Å². The number of ether oxygens (including phenoxy) is 2. The lowest BCUT2D eigenvalue weighted by molar-refractivity contribution is -0.149. The number of aliphatic imine (C=N–C) groups is 1. The van der Waals surface area contributed by atoms with Crippen molar-refractivity contribution in [2.45, 2.75) is 32.9 Å². The van der Waals surface area contributed by atoms with Crippen LogP contribution in [0.5, 0.6) is 0 Å². The first-order chi connectivity index (χ1) is 14.2. The lowest BCUT2D eigenvalue weighted by Gasteiger charge is -2.33. The number of piperidine rings is 1. The highest BCUT2D eigenvalue weighted by atomic mass is 16.5. The largest absolute Gasteiger partial charge is 0.466 e. The molecule has 2 saturated heterocycles. The predicted molar refractivity (Wildman–Crippen MR) is 114 cm³/mol. The Balaban J connectivity index is 1.53. The van der Waals surface area contributed by atoms with Crippen molar-refractivity contribution in [3.8, 4) is 0 Å². The molecular formula is C22H34N4O3. The van der Waals surface area contributed by atoms with Gasteiger partial charge in [0, 0.05) is 46.3 Å². The molecule has 7 nitrogen and oxygen atoms in total. The summed E-state index contributed by atoms with van der Waals surface area (Å²) >= 11 is 0. The van der Waals surface area contributed by atoms with Crippen LogP contribution in [0, 0.1) is 5.92 Å². The number of nitrogens with one attached hydrogen (secondary N) is 1. The SMILES string of the molecule is CCOC(=O)C1CCN(C(=NC)NCc2ccccc2CN2CCOCC2)CC1. The molecule has 2 aliphatic heterocycles. The van der Waals surface area contributed by atoms with Crippen LogP contribution in [0.15, 0.2) is 29.3 Å². The number of carbonyl (C=O) groups excluding carboxylic acids is 1. The first kappa shape index (κ1) is 21.6. The molecule has 0 aliphatic carbocycles. The van der Waals surface area contributed by atoms with Gasteiger partial charge < -0.3 is 19.7 Å². The van der Waals surface area contributed by atoms with Crippen molar-refractivity contribution in [1.82, 2.24) is 15.1 Å². The molecule has 0 spiro atoms. The summed E-state index contributed by atoms with van der Waals surface area (Å²) in [5, 5.41) is 3.52. The summed E-state index contributed by atoms with van der Waals surface area (Å²) in [5.74, 6) is 0.846. The van der Waals surface area contributed by atoms with E-state index in [1.807, 2.05) is 14.0 Å². The third-order valence-corrected chi connectivity index (χ3v) is 5.68. The number of benzene rings is 1. The lowest BCUT2D eigenvalue weighted by Crippen LogP contribution is -2.46. The lowest BCUT2D eigenvalue weighted by atomic mass is 9.97. The van der Waals surface area contributed by atoms with E-state index in [4.69, 9.17) is 9.47 Å². The molecule has 1 N–H and O–H groups in total. The Hall–Kier alpha value is -2.12. The van der Waals surface area contributed by atoms with E-state index in [0.717, 1.165) is 71.3 Å². The fourth-order valence-corrected chi connectivity index (χ4v) is 3.98. The quantitative estimate of drug-likeness (QED) is 0.445. The third-order valence-electron chi connectivity index (χ3n) is 5.68. The number of esters is 1. The maximum atomic E-state index is 12.0. The summed E-state index contributed by atoms with van der Waals surface area (Å²) < 4.78 is 10.6. The van der Waals surface area contributed by atoms with Gasteiger partial charge in [-0.1, -0.05) is 24.3 Å². The summed E-state index contributed by atoms with van der Waals surface area (Å²) in [4.78, 5) is 21.1. The molecule has 0 radical (unpaired) electrons. The zero-order chi connectivity index (χ0) is 20.5. The third kappa shape index (κ3) is 6.18. The minimum atomic E-state index is -0.0628. The first-order valence-electron chi connectivity index (χ1n) is 10.7. The van der Waals surface area contributed by atoms with Crippen molar-refractivity contribution in [3.05, 3.63) is 35.4 Å². The van der Waals surface area contributed by atoms with Crippen LogP contribution in [0.2, 0.25) is 0 Å². The van der Waals surface area contributed by atoms with Crippen molar-refractivity contribution in [1.29, 1.82) is 0 Å². The molecule has 7 heteroatoms. The van der Waals surface area contributed by atoms with Gasteiger partial charge in [-0.3, -0.25) is 14.7 Å². The molecule has 1 aromatic carbocycles. The second-order valence-electron chi connectivity index (χ2n) is 7.57. The number of likely N-dealkylation sites (tertiary alicyclic amines) is 1. The fourth-order valence-electron chi connectivity index (χ4n) is 3.98. The van der Waals surface area contributed by atoms with Gasteiger partial charge in [-0.2, -0.15) is 0 Å². The van der Waals surface area contributed by atoms with Gasteiger partial charge in [-0.05, 0) is 30.9 Å². The van der Waals surface area contributed by atoms with Crippen LogP contribution in [0.4, 0.5) is 0 Å². The van der Waals surface area contributed by atoms with E-state index in [0.29, 0.717) is 6.61 Å². The molecule has 0 atom stereocenters. The van der Waals surface area contributed by atoms with E-state index < -0.39 is 0 Å². The number of nitrogens with zero attached hydrogens (tertiary/aromatic N) is 3. The summed E-state index contributed by atoms with van der Waals surface area (Å²) in [5.41, 5.74) is 2.64. The second kappa shape index (κ2) is 11.2. The fraction of sp³-hybridized carbons (Fsp3) is 0.636. The van der Waals surface area contributed by atoms with E-state index in [2.05, 4.69) is 44.4 Å². The molecule has 0 unspecified atom stereocenters. The number of guanidine groups is 1. The van der Waals surface area contributed by atoms with Crippen LogP contribution in [-0.2, 0) is 27.4 Å². The topological polar surface area (TPSA) is 66.4 Å². The molecule has 2 fully saturated rings. The van der Waals surface area contributed by atoms with Crippen LogP contribution in [0.25, 0.3) is 0 Å². The zero-order valence-corrected chi connectivity index (χ0v) is 17.7. The smallest absolute Gasteiger partial charge is 0.309 e. The van der Waals surface area contributed by atoms with Crippen molar-refractivity contribution in [2.75, 3.05) is 53.0 Å². The number of hydrogen-bond donors (Lipinski definition) is 1. The van der Waals surface area contributed by atoms with Gasteiger partial charge in [0.1, 0.15) is 0 Å². The number of rotatable bonds is 6. The van der Waals surface area contributed by atoms with Crippen molar-refractivity contribution in [2.24, 2.45) is 10.9 Å². The summed E-state index contributed by atoms with van der Waals surface area (Å²) in [7, 11) is 1.82. The highest BCUT2D eigenvalue weighted by molar-refractivity contribution is 5.80. The molecule has 2 aliphatic rings. The molecular weight excluding hydrogens is 368 g/mol. The highest BCUT2D eigenvalue weighted by Crippen LogP contribution is 2.19. The number of hydrogen-bond acceptors (Lipinski definition) is 5. The van der Waals surface area contributed by atoms with Crippen molar-refractivity contribution < 1.29 is 14.3 Å². The molecule has 2 heterocycles. The first-order valence-corrected chi connectivity index (χ1v) is 10.7. The molecule has 160 valence electrons. The summed E-state index contributed by atoms with van der Waals surface area (Å²) in [6, 6.07) is 8.59. The zero-order valence-electron chi connectivity index (χ0n) is 17.7. The van der Waals surface area contributed by atoms with Crippen LogP contribution < -0.4 is 5.32 Å². The van der Waals surface area contributed by atoms with Gasteiger partial charge in [-0.25, -0.2) is 0 Å². The Labute approximate surface area is 174 Å². The molecule has 0 bridgehead atoms. The Kier molecular flexibility index (Phi) is 8.31. The molecule has 3 rings (SSSR count). The Morgan fingerprint density at radius 3 is 2.52 bits per heavy atom. The van der Waals surface area contributed by atoms with Crippen molar-refractivity contribution >= 4 is 11.9 Å². The van der Waals surface area contributed by atoms with Crippen LogP contribution >= 0.6 is 0 Å². The van der Waals surface area contributed by atoms with Gasteiger partial charge in [0.2, 0.25) is 0 Å². The number of morpholine rings is 1. The molecule has 0 aromatic heterocycles. The van der Waals surface area contributed by atoms with Gasteiger partial charge in [0.15, 0.2) is 5.96 Å². The Morgan fingerprint density at radius 2 is 1.86 bits per heavy atom. The van der Waals surface area contributed by atoms with E-state index in [1.165, 1.54) is 11.1 Å². The maximum absolute atomic E-state index is 12.0. The monoisotopic (exact) mass is 402 g/mol. The van der Waals surface area contributed by atoms with E-state index in [1.54, 1.807) is 0 Å². The van der Waals surface area contributed by atoms with Crippen LogP contribution in [0.1, 0.15) is 30.9 Å². The van der Waals surface area contributed by atoms with E-state index >= 15 is 0 Å². The molecule has 0 saturated carbocycles. The molecule has 1 aromatic rings. The minimum Gasteiger partial charge on any atom is -0.466 e. The summed E-state index contributed by atoms with van der Waals surface area (Å²) in [6.45, 7) is 9.23. The Bertz CT molecular complexity index is 680. The van der Waals surface area contributed by atoms with Gasteiger partial charge in [0.05, 0.1) is 25.7 Å². The average Bonchev–Trinajstić information content (AvgIpc) is 2.76. The average molecular weight is 403 g/mol. The predicted octanol–water partition coefficient (Wildman–Crippen LogP) is 1.87. The van der Waals surface area contributed by atoms with E-state index in [9.17, 15) is 4.79 Å². The van der Waals surface area contributed by atoms with Gasteiger partial charge >= 0.3 is 5.97 Å².